The normalized spacial score (nSPS) is 16.9. The van der Waals surface area contributed by atoms with Gasteiger partial charge in [0.2, 0.25) is 0 Å². The zero-order valence-electron chi connectivity index (χ0n) is 17.6. The van der Waals surface area contributed by atoms with E-state index in [1.165, 1.54) is 6.07 Å². The molecule has 0 radical (unpaired) electrons. The van der Waals surface area contributed by atoms with E-state index in [0.29, 0.717) is 28.5 Å². The van der Waals surface area contributed by atoms with Gasteiger partial charge in [0.25, 0.3) is 5.91 Å². The number of fused-ring (bicyclic) bond motifs is 2. The number of carbonyl (C=O) groups excluding carboxylic acids is 1. The van der Waals surface area contributed by atoms with Crippen molar-refractivity contribution in [2.45, 2.75) is 19.9 Å². The number of amides is 1. The monoisotopic (exact) mass is 422 g/mol. The summed E-state index contributed by atoms with van der Waals surface area (Å²) in [5.74, 6) is -0.0865. The van der Waals surface area contributed by atoms with Gasteiger partial charge in [0.15, 0.2) is 11.5 Å². The number of hydrogen-bond donors (Lipinski definition) is 2. The highest BCUT2D eigenvalue weighted by atomic mass is 19.1. The third-order valence-electron chi connectivity index (χ3n) is 5.44. The number of rotatable bonds is 3. The van der Waals surface area contributed by atoms with Crippen molar-refractivity contribution in [2.75, 3.05) is 29.9 Å². The molecule has 1 unspecified atom stereocenters. The average Bonchev–Trinajstić information content (AvgIpc) is 3.28. The van der Waals surface area contributed by atoms with Crippen molar-refractivity contribution in [3.63, 3.8) is 0 Å². The van der Waals surface area contributed by atoms with Crippen LogP contribution in [0.2, 0.25) is 0 Å². The summed E-state index contributed by atoms with van der Waals surface area (Å²) in [5.41, 5.74) is 2.15. The zero-order chi connectivity index (χ0) is 21.7. The van der Waals surface area contributed by atoms with Gasteiger partial charge in [0, 0.05) is 63.6 Å². The topological polar surface area (TPSA) is 92.4 Å². The molecular formula is C21H23FN8O. The molecule has 2 N–H and O–H groups in total. The third kappa shape index (κ3) is 3.48. The van der Waals surface area contributed by atoms with Crippen LogP contribution in [-0.4, -0.2) is 55.7 Å². The summed E-state index contributed by atoms with van der Waals surface area (Å²) in [4.78, 5) is 24.0. The Bertz CT molecular complexity index is 1310. The molecule has 4 aromatic heterocycles. The van der Waals surface area contributed by atoms with E-state index in [1.807, 2.05) is 13.2 Å². The van der Waals surface area contributed by atoms with Crippen LogP contribution in [0.25, 0.3) is 16.6 Å². The Hall–Kier alpha value is -3.53. The largest absolute Gasteiger partial charge is 0.353 e. The summed E-state index contributed by atoms with van der Waals surface area (Å²) >= 11 is 0. The molecule has 4 aromatic rings. The highest BCUT2D eigenvalue weighted by Crippen LogP contribution is 2.28. The minimum Gasteiger partial charge on any atom is -0.353 e. The number of anilines is 2. The van der Waals surface area contributed by atoms with Crippen LogP contribution in [0.1, 0.15) is 23.0 Å². The quantitative estimate of drug-likeness (QED) is 0.525. The number of imidazole rings is 1. The number of nitrogens with one attached hydrogen (secondary N) is 2. The van der Waals surface area contributed by atoms with Crippen LogP contribution in [0.4, 0.5) is 15.9 Å². The van der Waals surface area contributed by atoms with E-state index in [1.54, 1.807) is 34.6 Å². The van der Waals surface area contributed by atoms with E-state index in [0.717, 1.165) is 30.8 Å². The van der Waals surface area contributed by atoms with E-state index in [2.05, 4.69) is 37.5 Å². The molecule has 1 saturated heterocycles. The molecule has 31 heavy (non-hydrogen) atoms. The number of piperazine rings is 1. The number of carbonyl (C=O) groups is 1. The zero-order valence-corrected chi connectivity index (χ0v) is 17.6. The first-order valence-electron chi connectivity index (χ1n) is 10.2. The Balaban J connectivity index is 1.50. The maximum Gasteiger partial charge on any atom is 0.259 e. The van der Waals surface area contributed by atoms with Crippen LogP contribution in [0.5, 0.6) is 0 Å². The predicted octanol–water partition coefficient (Wildman–Crippen LogP) is 2.11. The van der Waals surface area contributed by atoms with Crippen LogP contribution in [0.3, 0.4) is 0 Å². The van der Waals surface area contributed by atoms with Gasteiger partial charge in [-0.15, -0.1) is 0 Å². The van der Waals surface area contributed by atoms with Gasteiger partial charge in [-0.05, 0) is 13.8 Å². The molecular weight excluding hydrogens is 399 g/mol. The molecule has 5 heterocycles. The first kappa shape index (κ1) is 19.4. The first-order chi connectivity index (χ1) is 14.9. The Kier molecular flexibility index (Phi) is 4.58. The van der Waals surface area contributed by atoms with Crippen LogP contribution in [-0.2, 0) is 7.05 Å². The number of halogens is 1. The number of aromatic nitrogens is 5. The number of nitrogens with zero attached hydrogens (tertiary/aromatic N) is 6. The lowest BCUT2D eigenvalue weighted by Crippen LogP contribution is -2.49. The summed E-state index contributed by atoms with van der Waals surface area (Å²) in [6.07, 6.45) is 6.76. The van der Waals surface area contributed by atoms with Crippen molar-refractivity contribution in [2.24, 2.45) is 7.05 Å². The lowest BCUT2D eigenvalue weighted by molar-refractivity contribution is 0.102. The number of hydrogen-bond acceptors (Lipinski definition) is 6. The van der Waals surface area contributed by atoms with Gasteiger partial charge in [-0.3, -0.25) is 9.48 Å². The molecule has 1 aliphatic rings. The summed E-state index contributed by atoms with van der Waals surface area (Å²) in [5, 5.41) is 11.5. The highest BCUT2D eigenvalue weighted by Gasteiger charge is 2.23. The maximum atomic E-state index is 14.4. The van der Waals surface area contributed by atoms with E-state index in [4.69, 9.17) is 0 Å². The van der Waals surface area contributed by atoms with Crippen molar-refractivity contribution in [1.29, 1.82) is 0 Å². The van der Waals surface area contributed by atoms with Gasteiger partial charge in [-0.25, -0.2) is 14.4 Å². The van der Waals surface area contributed by atoms with Gasteiger partial charge >= 0.3 is 0 Å². The van der Waals surface area contributed by atoms with Crippen molar-refractivity contribution < 1.29 is 9.18 Å². The summed E-state index contributed by atoms with van der Waals surface area (Å²) in [7, 11) is 1.82. The predicted molar refractivity (Wildman–Crippen MR) is 116 cm³/mol. The molecule has 0 aromatic carbocycles. The van der Waals surface area contributed by atoms with Crippen molar-refractivity contribution in [3.8, 4) is 0 Å². The third-order valence-corrected chi connectivity index (χ3v) is 5.44. The molecule has 0 saturated carbocycles. The smallest absolute Gasteiger partial charge is 0.259 e. The maximum absolute atomic E-state index is 14.4. The first-order valence-corrected chi connectivity index (χ1v) is 10.2. The molecule has 5 rings (SSSR count). The lowest BCUT2D eigenvalue weighted by Gasteiger charge is -2.33. The Morgan fingerprint density at radius 1 is 1.32 bits per heavy atom. The minimum atomic E-state index is -0.504. The fourth-order valence-corrected chi connectivity index (χ4v) is 4.10. The van der Waals surface area contributed by atoms with Crippen molar-refractivity contribution in [1.82, 2.24) is 29.5 Å². The molecule has 9 nitrogen and oxygen atoms in total. The number of aryl methyl sites for hydroxylation is 2. The Morgan fingerprint density at radius 3 is 2.97 bits per heavy atom. The average molecular weight is 422 g/mol. The lowest BCUT2D eigenvalue weighted by atomic mass is 10.1. The SMILES string of the molecule is Cc1cn2cc(NC(=O)c3cnc(N4CCNC(C)C4)c4cn(C)nc34)cc(F)c2n1. The molecule has 0 bridgehead atoms. The summed E-state index contributed by atoms with van der Waals surface area (Å²) in [6, 6.07) is 1.61. The van der Waals surface area contributed by atoms with Crippen molar-refractivity contribution >= 4 is 34.0 Å². The fourth-order valence-electron chi connectivity index (χ4n) is 4.10. The van der Waals surface area contributed by atoms with Gasteiger partial charge in [-0.2, -0.15) is 5.10 Å². The Morgan fingerprint density at radius 2 is 2.16 bits per heavy atom. The molecule has 1 fully saturated rings. The molecule has 10 heteroatoms. The molecule has 1 atom stereocenters. The molecule has 1 amide bonds. The summed E-state index contributed by atoms with van der Waals surface area (Å²) in [6.45, 7) is 6.44. The van der Waals surface area contributed by atoms with Crippen LogP contribution in [0, 0.1) is 12.7 Å². The minimum absolute atomic E-state index is 0.221. The second-order valence-electron chi connectivity index (χ2n) is 8.01. The van der Waals surface area contributed by atoms with E-state index < -0.39 is 11.7 Å². The molecule has 0 spiro atoms. The van der Waals surface area contributed by atoms with Gasteiger partial charge in [0.1, 0.15) is 11.3 Å². The second-order valence-corrected chi connectivity index (χ2v) is 8.01. The highest BCUT2D eigenvalue weighted by molar-refractivity contribution is 6.13. The van der Waals surface area contributed by atoms with Gasteiger partial charge in [-0.1, -0.05) is 0 Å². The molecule has 1 aliphatic heterocycles. The van der Waals surface area contributed by atoms with E-state index in [-0.39, 0.29) is 5.65 Å². The Labute approximate surface area is 177 Å². The second kappa shape index (κ2) is 7.31. The van der Waals surface area contributed by atoms with E-state index >= 15 is 0 Å². The molecule has 0 aliphatic carbocycles. The van der Waals surface area contributed by atoms with E-state index in [9.17, 15) is 9.18 Å². The van der Waals surface area contributed by atoms with Crippen LogP contribution < -0.4 is 15.5 Å². The fraction of sp³-hybridized carbons (Fsp3) is 0.333. The number of pyridine rings is 2. The van der Waals surface area contributed by atoms with Crippen molar-refractivity contribution in [3.05, 3.63) is 47.9 Å². The molecule has 160 valence electrons. The van der Waals surface area contributed by atoms with Crippen LogP contribution >= 0.6 is 0 Å². The van der Waals surface area contributed by atoms with Crippen LogP contribution in [0.15, 0.2) is 30.9 Å². The van der Waals surface area contributed by atoms with Gasteiger partial charge < -0.3 is 19.9 Å². The van der Waals surface area contributed by atoms with Gasteiger partial charge in [0.05, 0.1) is 22.3 Å². The standard InChI is InChI=1S/C21H23FN8O/c1-12-8-29(5-4-23-12)19-16-11-28(3)27-18(16)15(7-24-19)21(31)26-14-6-17(22)20-25-13(2)9-30(20)10-14/h6-7,9-12,23H,4-5,8H2,1-3H3,(H,26,31). The summed E-state index contributed by atoms with van der Waals surface area (Å²) < 4.78 is 17.6.